The Morgan fingerprint density at radius 3 is 2.47 bits per heavy atom. The fraction of sp³-hybridized carbons (Fsp3) is 0.348. The van der Waals surface area contributed by atoms with Crippen LogP contribution in [0.1, 0.15) is 22.6 Å². The van der Waals surface area contributed by atoms with Crippen molar-refractivity contribution in [2.75, 3.05) is 46.7 Å². The fourth-order valence-electron chi connectivity index (χ4n) is 3.17. The van der Waals surface area contributed by atoms with Gasteiger partial charge in [-0.2, -0.15) is 0 Å². The highest BCUT2D eigenvalue weighted by molar-refractivity contribution is 5.94. The van der Waals surface area contributed by atoms with E-state index in [4.69, 9.17) is 9.72 Å². The van der Waals surface area contributed by atoms with E-state index in [1.165, 1.54) is 0 Å². The van der Waals surface area contributed by atoms with Gasteiger partial charge in [0.05, 0.1) is 19.2 Å². The maximum atomic E-state index is 12.8. The predicted octanol–water partition coefficient (Wildman–Crippen LogP) is 3.27. The standard InChI is InChI=1S/C23H29N5O2/c1-27(2)15-7-14-24-22-19-8-5-6-9-20(19)25-21(26-22)16-28(3)23(29)17-10-12-18(30-4)13-11-17/h5-6,8-13H,7,14-16H2,1-4H3,(H,24,25,26). The van der Waals surface area contributed by atoms with Crippen molar-refractivity contribution in [1.29, 1.82) is 0 Å². The average Bonchev–Trinajstić information content (AvgIpc) is 2.76. The van der Waals surface area contributed by atoms with E-state index < -0.39 is 0 Å². The molecule has 7 heteroatoms. The van der Waals surface area contributed by atoms with Gasteiger partial charge >= 0.3 is 0 Å². The van der Waals surface area contributed by atoms with Crippen LogP contribution in [0, 0.1) is 0 Å². The average molecular weight is 408 g/mol. The van der Waals surface area contributed by atoms with Gasteiger partial charge in [0.25, 0.3) is 5.91 Å². The number of nitrogens with zero attached hydrogens (tertiary/aromatic N) is 4. The molecule has 3 aromatic rings. The highest BCUT2D eigenvalue weighted by atomic mass is 16.5. The molecule has 3 rings (SSSR count). The van der Waals surface area contributed by atoms with Gasteiger partial charge in [0.1, 0.15) is 11.6 Å². The lowest BCUT2D eigenvalue weighted by Crippen LogP contribution is -2.27. The van der Waals surface area contributed by atoms with Crippen molar-refractivity contribution < 1.29 is 9.53 Å². The van der Waals surface area contributed by atoms with Crippen molar-refractivity contribution in [2.45, 2.75) is 13.0 Å². The summed E-state index contributed by atoms with van der Waals surface area (Å²) in [5.41, 5.74) is 1.46. The zero-order chi connectivity index (χ0) is 21.5. The van der Waals surface area contributed by atoms with Gasteiger partial charge in [0.2, 0.25) is 0 Å². The van der Waals surface area contributed by atoms with Crippen LogP contribution in [0.25, 0.3) is 10.9 Å². The molecule has 2 aromatic carbocycles. The highest BCUT2D eigenvalue weighted by Crippen LogP contribution is 2.21. The van der Waals surface area contributed by atoms with Crippen LogP contribution in [0.4, 0.5) is 5.82 Å². The van der Waals surface area contributed by atoms with Crippen molar-refractivity contribution in [1.82, 2.24) is 19.8 Å². The third-order valence-corrected chi connectivity index (χ3v) is 4.79. The highest BCUT2D eigenvalue weighted by Gasteiger charge is 2.15. The van der Waals surface area contributed by atoms with Gasteiger partial charge in [-0.15, -0.1) is 0 Å². The monoisotopic (exact) mass is 407 g/mol. The molecular formula is C23H29N5O2. The molecule has 0 atom stereocenters. The number of carbonyl (C=O) groups excluding carboxylic acids is 1. The van der Waals surface area contributed by atoms with Gasteiger partial charge < -0.3 is 19.9 Å². The summed E-state index contributed by atoms with van der Waals surface area (Å²) < 4.78 is 5.16. The SMILES string of the molecule is COc1ccc(C(=O)N(C)Cc2nc(NCCCN(C)C)c3ccccc3n2)cc1. The second-order valence-electron chi connectivity index (χ2n) is 7.48. The van der Waals surface area contributed by atoms with E-state index in [1.54, 1.807) is 43.3 Å². The van der Waals surface area contributed by atoms with Crippen LogP contribution in [-0.4, -0.2) is 67.0 Å². The van der Waals surface area contributed by atoms with Crippen LogP contribution in [0.2, 0.25) is 0 Å². The van der Waals surface area contributed by atoms with Crippen molar-refractivity contribution >= 4 is 22.6 Å². The Kier molecular flexibility index (Phi) is 7.19. The molecule has 0 saturated heterocycles. The second-order valence-corrected chi connectivity index (χ2v) is 7.48. The Labute approximate surface area is 177 Å². The Hall–Kier alpha value is -3.19. The molecule has 1 aromatic heterocycles. The molecule has 0 aliphatic rings. The van der Waals surface area contributed by atoms with E-state index in [9.17, 15) is 4.79 Å². The normalized spacial score (nSPS) is 11.0. The first-order valence-corrected chi connectivity index (χ1v) is 10.0. The minimum atomic E-state index is -0.0881. The second kappa shape index (κ2) is 10.0. The van der Waals surface area contributed by atoms with Gasteiger partial charge in [-0.1, -0.05) is 12.1 Å². The number of anilines is 1. The molecule has 0 unspecified atom stereocenters. The number of carbonyl (C=O) groups is 1. The van der Waals surface area contributed by atoms with Crippen molar-refractivity contribution in [3.63, 3.8) is 0 Å². The van der Waals surface area contributed by atoms with Crippen molar-refractivity contribution in [3.05, 3.63) is 59.9 Å². The zero-order valence-electron chi connectivity index (χ0n) is 18.1. The first-order valence-electron chi connectivity index (χ1n) is 10.0. The molecule has 0 fully saturated rings. The number of ether oxygens (including phenoxy) is 1. The molecule has 0 radical (unpaired) electrons. The summed E-state index contributed by atoms with van der Waals surface area (Å²) in [6.45, 7) is 2.14. The fourth-order valence-corrected chi connectivity index (χ4v) is 3.17. The molecule has 1 heterocycles. The Bertz CT molecular complexity index is 989. The Morgan fingerprint density at radius 1 is 1.03 bits per heavy atom. The van der Waals surface area contributed by atoms with Crippen LogP contribution in [0.3, 0.4) is 0 Å². The molecule has 0 aliphatic heterocycles. The summed E-state index contributed by atoms with van der Waals surface area (Å²) in [4.78, 5) is 25.9. The van der Waals surface area contributed by atoms with Crippen LogP contribution in [-0.2, 0) is 6.54 Å². The minimum Gasteiger partial charge on any atom is -0.497 e. The quantitative estimate of drug-likeness (QED) is 0.549. The van der Waals surface area contributed by atoms with Gasteiger partial charge in [0, 0.05) is 24.5 Å². The lowest BCUT2D eigenvalue weighted by atomic mass is 10.2. The molecule has 158 valence electrons. The smallest absolute Gasteiger partial charge is 0.254 e. The van der Waals surface area contributed by atoms with Crippen LogP contribution < -0.4 is 10.1 Å². The number of amides is 1. The molecule has 30 heavy (non-hydrogen) atoms. The lowest BCUT2D eigenvalue weighted by Gasteiger charge is -2.18. The molecule has 0 saturated carbocycles. The van der Waals surface area contributed by atoms with Crippen molar-refractivity contribution in [2.24, 2.45) is 0 Å². The van der Waals surface area contributed by atoms with Crippen LogP contribution in [0.5, 0.6) is 5.75 Å². The number of rotatable bonds is 9. The predicted molar refractivity (Wildman–Crippen MR) is 120 cm³/mol. The summed E-state index contributed by atoms with van der Waals surface area (Å²) in [6, 6.07) is 15.0. The first kappa shape index (κ1) is 21.5. The third-order valence-electron chi connectivity index (χ3n) is 4.79. The van der Waals surface area contributed by atoms with Gasteiger partial charge in [-0.3, -0.25) is 4.79 Å². The van der Waals surface area contributed by atoms with E-state index in [0.717, 1.165) is 42.0 Å². The number of aromatic nitrogens is 2. The van der Waals surface area contributed by atoms with E-state index in [-0.39, 0.29) is 5.91 Å². The van der Waals surface area contributed by atoms with Crippen LogP contribution in [0.15, 0.2) is 48.5 Å². The number of fused-ring (bicyclic) bond motifs is 1. The molecule has 0 bridgehead atoms. The number of nitrogens with one attached hydrogen (secondary N) is 1. The Morgan fingerprint density at radius 2 is 1.77 bits per heavy atom. The van der Waals surface area contributed by atoms with Crippen molar-refractivity contribution in [3.8, 4) is 5.75 Å². The third kappa shape index (κ3) is 5.45. The van der Waals surface area contributed by atoms with Gasteiger partial charge in [0.15, 0.2) is 5.82 Å². The summed E-state index contributed by atoms with van der Waals surface area (Å²) >= 11 is 0. The summed E-state index contributed by atoms with van der Waals surface area (Å²) in [7, 11) is 7.49. The zero-order valence-corrected chi connectivity index (χ0v) is 18.1. The van der Waals surface area contributed by atoms with E-state index in [1.807, 2.05) is 24.3 Å². The minimum absolute atomic E-state index is 0.0881. The first-order chi connectivity index (χ1) is 14.5. The Balaban J connectivity index is 1.76. The number of benzene rings is 2. The number of hydrogen-bond acceptors (Lipinski definition) is 6. The van der Waals surface area contributed by atoms with E-state index >= 15 is 0 Å². The lowest BCUT2D eigenvalue weighted by molar-refractivity contribution is 0.0781. The van der Waals surface area contributed by atoms with E-state index in [0.29, 0.717) is 17.9 Å². The van der Waals surface area contributed by atoms with E-state index in [2.05, 4.69) is 29.3 Å². The number of hydrogen-bond donors (Lipinski definition) is 1. The molecule has 0 aliphatic carbocycles. The molecule has 0 spiro atoms. The topological polar surface area (TPSA) is 70.6 Å². The maximum absolute atomic E-state index is 12.8. The summed E-state index contributed by atoms with van der Waals surface area (Å²) in [6.07, 6.45) is 1.01. The molecular weight excluding hydrogens is 378 g/mol. The number of para-hydroxylation sites is 1. The largest absolute Gasteiger partial charge is 0.497 e. The molecule has 1 amide bonds. The number of methoxy groups -OCH3 is 1. The summed E-state index contributed by atoms with van der Waals surface area (Å²) in [5, 5.41) is 4.42. The summed E-state index contributed by atoms with van der Waals surface area (Å²) in [5.74, 6) is 2.04. The van der Waals surface area contributed by atoms with Crippen LogP contribution >= 0.6 is 0 Å². The maximum Gasteiger partial charge on any atom is 0.254 e. The van der Waals surface area contributed by atoms with Gasteiger partial charge in [-0.25, -0.2) is 9.97 Å². The van der Waals surface area contributed by atoms with Gasteiger partial charge in [-0.05, 0) is 63.5 Å². The molecule has 7 nitrogen and oxygen atoms in total. The molecule has 1 N–H and O–H groups in total.